The number of benzene rings is 1. The van der Waals surface area contributed by atoms with Gasteiger partial charge in [-0.1, -0.05) is 37.0 Å². The fraction of sp³-hybridized carbons (Fsp3) is 0.600. The van der Waals surface area contributed by atoms with E-state index < -0.39 is 0 Å². The summed E-state index contributed by atoms with van der Waals surface area (Å²) < 4.78 is 0. The molecule has 0 atom stereocenters. The Morgan fingerprint density at radius 1 is 0.960 bits per heavy atom. The van der Waals surface area contributed by atoms with Crippen LogP contribution in [0.4, 0.5) is 10.5 Å². The van der Waals surface area contributed by atoms with Crippen LogP contribution in [0.15, 0.2) is 18.2 Å². The Bertz CT molecular complexity index is 630. The van der Waals surface area contributed by atoms with Crippen LogP contribution in [-0.2, 0) is 4.79 Å². The number of piperazine rings is 1. The number of hydrogen-bond donors (Lipinski definition) is 1. The fourth-order valence-corrected chi connectivity index (χ4v) is 3.89. The highest BCUT2D eigenvalue weighted by Crippen LogP contribution is 2.26. The van der Waals surface area contributed by atoms with Crippen molar-refractivity contribution in [2.45, 2.75) is 46.0 Å². The van der Waals surface area contributed by atoms with Gasteiger partial charge >= 0.3 is 6.03 Å². The second-order valence-electron chi connectivity index (χ2n) is 7.40. The minimum Gasteiger partial charge on any atom is -0.339 e. The van der Waals surface area contributed by atoms with E-state index in [-0.39, 0.29) is 11.9 Å². The van der Waals surface area contributed by atoms with Gasteiger partial charge in [-0.15, -0.1) is 0 Å². The van der Waals surface area contributed by atoms with Crippen LogP contribution in [0.5, 0.6) is 0 Å². The largest absolute Gasteiger partial charge is 0.339 e. The summed E-state index contributed by atoms with van der Waals surface area (Å²) >= 11 is 0. The minimum atomic E-state index is -0.0725. The highest BCUT2D eigenvalue weighted by atomic mass is 16.2. The molecule has 0 unspecified atom stereocenters. The number of amides is 3. The van der Waals surface area contributed by atoms with Crippen LogP contribution in [-0.4, -0.2) is 47.9 Å². The first-order valence-corrected chi connectivity index (χ1v) is 9.46. The third-order valence-corrected chi connectivity index (χ3v) is 5.46. The first kappa shape index (κ1) is 17.8. The number of aryl methyl sites for hydroxylation is 2. The minimum absolute atomic E-state index is 0.0725. The second-order valence-corrected chi connectivity index (χ2v) is 7.40. The van der Waals surface area contributed by atoms with Gasteiger partial charge < -0.3 is 15.1 Å². The molecule has 1 saturated carbocycles. The Labute approximate surface area is 150 Å². The molecule has 1 aliphatic carbocycles. The molecule has 136 valence electrons. The summed E-state index contributed by atoms with van der Waals surface area (Å²) in [5, 5.41) is 3.00. The molecule has 1 N–H and O–H groups in total. The lowest BCUT2D eigenvalue weighted by Gasteiger charge is -2.37. The van der Waals surface area contributed by atoms with Crippen molar-refractivity contribution in [3.63, 3.8) is 0 Å². The number of rotatable bonds is 2. The molecular weight excluding hydrogens is 314 g/mol. The third kappa shape index (κ3) is 4.33. The number of nitrogens with one attached hydrogen (secondary N) is 1. The molecule has 1 aromatic rings. The average molecular weight is 343 g/mol. The summed E-state index contributed by atoms with van der Waals surface area (Å²) in [6.07, 6.45) is 5.68. The van der Waals surface area contributed by atoms with Gasteiger partial charge in [0.05, 0.1) is 0 Å². The van der Waals surface area contributed by atoms with Crippen molar-refractivity contribution in [3.05, 3.63) is 29.3 Å². The number of nitrogens with zero attached hydrogens (tertiary/aromatic N) is 2. The Kier molecular flexibility index (Phi) is 5.61. The van der Waals surface area contributed by atoms with Crippen LogP contribution in [0.2, 0.25) is 0 Å². The molecule has 0 spiro atoms. The molecule has 5 heteroatoms. The van der Waals surface area contributed by atoms with Gasteiger partial charge in [0.2, 0.25) is 5.91 Å². The second kappa shape index (κ2) is 7.89. The van der Waals surface area contributed by atoms with E-state index in [1.54, 1.807) is 0 Å². The van der Waals surface area contributed by atoms with Gasteiger partial charge in [-0.25, -0.2) is 4.79 Å². The van der Waals surface area contributed by atoms with Crippen LogP contribution in [0.25, 0.3) is 0 Å². The number of anilines is 1. The molecule has 1 heterocycles. The van der Waals surface area contributed by atoms with Crippen molar-refractivity contribution < 1.29 is 9.59 Å². The maximum atomic E-state index is 12.6. The Balaban J connectivity index is 1.51. The average Bonchev–Trinajstić information content (AvgIpc) is 2.64. The molecule has 1 aromatic carbocycles. The van der Waals surface area contributed by atoms with E-state index >= 15 is 0 Å². The van der Waals surface area contributed by atoms with Crippen molar-refractivity contribution in [2.75, 3.05) is 31.5 Å². The normalized spacial score (nSPS) is 19.0. The first-order valence-electron chi connectivity index (χ1n) is 9.46. The quantitative estimate of drug-likeness (QED) is 0.893. The SMILES string of the molecule is Cc1ccc(NC(=O)N2CCN(C(=O)C3CCCCC3)CC2)c(C)c1. The summed E-state index contributed by atoms with van der Waals surface area (Å²) in [7, 11) is 0. The maximum Gasteiger partial charge on any atom is 0.321 e. The lowest BCUT2D eigenvalue weighted by Crippen LogP contribution is -2.53. The molecule has 1 saturated heterocycles. The van der Waals surface area contributed by atoms with Crippen LogP contribution in [0.3, 0.4) is 0 Å². The van der Waals surface area contributed by atoms with Gasteiger partial charge in [0, 0.05) is 37.8 Å². The molecule has 5 nitrogen and oxygen atoms in total. The molecule has 0 radical (unpaired) electrons. The maximum absolute atomic E-state index is 12.6. The summed E-state index contributed by atoms with van der Waals surface area (Å²) in [6, 6.07) is 5.95. The summed E-state index contributed by atoms with van der Waals surface area (Å²) in [5.74, 6) is 0.512. The summed E-state index contributed by atoms with van der Waals surface area (Å²) in [5.41, 5.74) is 3.11. The molecule has 1 aliphatic heterocycles. The van der Waals surface area contributed by atoms with Gasteiger partial charge in [0.15, 0.2) is 0 Å². The van der Waals surface area contributed by atoms with Crippen LogP contribution < -0.4 is 5.32 Å². The monoisotopic (exact) mass is 343 g/mol. The van der Waals surface area contributed by atoms with Gasteiger partial charge in [0.25, 0.3) is 0 Å². The Morgan fingerprint density at radius 2 is 1.60 bits per heavy atom. The molecular formula is C20H29N3O2. The van der Waals surface area contributed by atoms with Crippen molar-refractivity contribution in [3.8, 4) is 0 Å². The Hall–Kier alpha value is -2.04. The van der Waals surface area contributed by atoms with E-state index in [0.29, 0.717) is 32.1 Å². The highest BCUT2D eigenvalue weighted by Gasteiger charge is 2.29. The van der Waals surface area contributed by atoms with E-state index in [1.807, 2.05) is 35.8 Å². The van der Waals surface area contributed by atoms with Gasteiger partial charge in [-0.2, -0.15) is 0 Å². The van der Waals surface area contributed by atoms with E-state index in [1.165, 1.54) is 24.8 Å². The van der Waals surface area contributed by atoms with Crippen molar-refractivity contribution in [1.82, 2.24) is 9.80 Å². The van der Waals surface area contributed by atoms with E-state index in [4.69, 9.17) is 0 Å². The van der Waals surface area contributed by atoms with Gasteiger partial charge in [-0.3, -0.25) is 4.79 Å². The van der Waals surface area contributed by atoms with Crippen LogP contribution in [0.1, 0.15) is 43.2 Å². The number of carbonyl (C=O) groups excluding carboxylic acids is 2. The predicted molar refractivity (Wildman–Crippen MR) is 99.7 cm³/mol. The Morgan fingerprint density at radius 3 is 2.24 bits per heavy atom. The van der Waals surface area contributed by atoms with E-state index in [9.17, 15) is 9.59 Å². The van der Waals surface area contributed by atoms with Crippen molar-refractivity contribution in [2.24, 2.45) is 5.92 Å². The standard InChI is InChI=1S/C20H29N3O2/c1-15-8-9-18(16(2)14-15)21-20(25)23-12-10-22(11-13-23)19(24)17-6-4-3-5-7-17/h8-9,14,17H,3-7,10-13H2,1-2H3,(H,21,25). The van der Waals surface area contributed by atoms with Crippen molar-refractivity contribution >= 4 is 17.6 Å². The zero-order chi connectivity index (χ0) is 17.8. The van der Waals surface area contributed by atoms with Crippen LogP contribution >= 0.6 is 0 Å². The number of urea groups is 1. The topological polar surface area (TPSA) is 52.7 Å². The summed E-state index contributed by atoms with van der Waals surface area (Å²) in [6.45, 7) is 6.56. The molecule has 3 rings (SSSR count). The summed E-state index contributed by atoms with van der Waals surface area (Å²) in [4.78, 5) is 28.9. The molecule has 25 heavy (non-hydrogen) atoms. The van der Waals surface area contributed by atoms with E-state index in [2.05, 4.69) is 11.4 Å². The van der Waals surface area contributed by atoms with Crippen LogP contribution in [0, 0.1) is 19.8 Å². The smallest absolute Gasteiger partial charge is 0.321 e. The van der Waals surface area contributed by atoms with Gasteiger partial charge in [-0.05, 0) is 38.3 Å². The predicted octanol–water partition coefficient (Wildman–Crippen LogP) is 3.56. The zero-order valence-electron chi connectivity index (χ0n) is 15.4. The number of hydrogen-bond acceptors (Lipinski definition) is 2. The van der Waals surface area contributed by atoms with E-state index in [0.717, 1.165) is 24.1 Å². The first-order chi connectivity index (χ1) is 12.0. The lowest BCUT2D eigenvalue weighted by molar-refractivity contribution is -0.137. The molecule has 0 aromatic heterocycles. The molecule has 2 fully saturated rings. The van der Waals surface area contributed by atoms with Crippen molar-refractivity contribution in [1.29, 1.82) is 0 Å². The molecule has 2 aliphatic rings. The zero-order valence-corrected chi connectivity index (χ0v) is 15.4. The lowest BCUT2D eigenvalue weighted by atomic mass is 9.88. The number of carbonyl (C=O) groups is 2. The highest BCUT2D eigenvalue weighted by molar-refractivity contribution is 5.90. The molecule has 3 amide bonds. The molecule has 0 bridgehead atoms. The third-order valence-electron chi connectivity index (χ3n) is 5.46. The fourth-order valence-electron chi connectivity index (χ4n) is 3.89. The van der Waals surface area contributed by atoms with Gasteiger partial charge in [0.1, 0.15) is 0 Å².